The van der Waals surface area contributed by atoms with E-state index in [1.807, 2.05) is 19.1 Å². The largest absolute Gasteiger partial charge is 0.504 e. The van der Waals surface area contributed by atoms with Crippen molar-refractivity contribution < 1.29 is 23.7 Å². The maximum atomic E-state index is 12.0. The van der Waals surface area contributed by atoms with E-state index >= 15 is 0 Å². The Morgan fingerprint density at radius 3 is 2.41 bits per heavy atom. The first-order valence-electron chi connectivity index (χ1n) is 8.47. The molecular formula is C20H24N2O5. The second-order valence-electron chi connectivity index (χ2n) is 6.21. The molecule has 0 unspecified atom stereocenters. The molecule has 0 bridgehead atoms. The van der Waals surface area contributed by atoms with Crippen LogP contribution < -0.4 is 14.2 Å². The predicted octanol–water partition coefficient (Wildman–Crippen LogP) is 4.08. The first-order chi connectivity index (χ1) is 12.8. The van der Waals surface area contributed by atoms with Crippen LogP contribution in [0.5, 0.6) is 23.3 Å². The van der Waals surface area contributed by atoms with Crippen LogP contribution in [0.3, 0.4) is 0 Å². The molecule has 0 fully saturated rings. The van der Waals surface area contributed by atoms with E-state index in [4.69, 9.17) is 18.9 Å². The third-order valence-corrected chi connectivity index (χ3v) is 3.61. The first-order valence-corrected chi connectivity index (χ1v) is 8.47. The molecule has 0 aliphatic rings. The van der Waals surface area contributed by atoms with Crippen molar-refractivity contribution in [1.82, 2.24) is 9.97 Å². The number of benzene rings is 1. The van der Waals surface area contributed by atoms with Crippen LogP contribution in [0.25, 0.3) is 0 Å². The highest BCUT2D eigenvalue weighted by Gasteiger charge is 2.21. The standard InChI is InChI=1S/C20H24N2O5/c1-12(2)15-9-13(3)10-16(11-15)26-20-18(27-17(23)7-8-24-5)19(25-6)21-14(4)22-20/h7-12H,1-6H3. The highest BCUT2D eigenvalue weighted by molar-refractivity contribution is 5.84. The minimum Gasteiger partial charge on any atom is -0.504 e. The zero-order chi connectivity index (χ0) is 20.0. The number of aryl methyl sites for hydroxylation is 2. The van der Waals surface area contributed by atoms with Crippen LogP contribution in [0.4, 0.5) is 0 Å². The Kier molecular flexibility index (Phi) is 6.76. The van der Waals surface area contributed by atoms with Crippen molar-refractivity contribution in [1.29, 1.82) is 0 Å². The Hall–Kier alpha value is -3.09. The molecule has 0 saturated carbocycles. The summed E-state index contributed by atoms with van der Waals surface area (Å²) < 4.78 is 21.2. The van der Waals surface area contributed by atoms with Gasteiger partial charge in [0.25, 0.3) is 17.5 Å². The van der Waals surface area contributed by atoms with Crippen molar-refractivity contribution in [3.05, 3.63) is 47.5 Å². The van der Waals surface area contributed by atoms with Crippen LogP contribution in [-0.2, 0) is 9.53 Å². The molecule has 7 nitrogen and oxygen atoms in total. The van der Waals surface area contributed by atoms with Crippen molar-refractivity contribution in [2.45, 2.75) is 33.6 Å². The number of esters is 1. The maximum absolute atomic E-state index is 12.0. The van der Waals surface area contributed by atoms with E-state index in [1.165, 1.54) is 20.5 Å². The summed E-state index contributed by atoms with van der Waals surface area (Å²) in [7, 11) is 2.86. The molecule has 0 saturated heterocycles. The van der Waals surface area contributed by atoms with Gasteiger partial charge in [0.2, 0.25) is 0 Å². The molecule has 27 heavy (non-hydrogen) atoms. The Balaban J connectivity index is 2.45. The lowest BCUT2D eigenvalue weighted by atomic mass is 10.0. The molecule has 0 radical (unpaired) electrons. The molecule has 1 aromatic heterocycles. The fourth-order valence-electron chi connectivity index (χ4n) is 2.35. The Morgan fingerprint density at radius 1 is 1.07 bits per heavy atom. The van der Waals surface area contributed by atoms with Crippen LogP contribution in [0, 0.1) is 13.8 Å². The van der Waals surface area contributed by atoms with Crippen molar-refractivity contribution in [2.75, 3.05) is 14.2 Å². The fraction of sp³-hybridized carbons (Fsp3) is 0.350. The monoisotopic (exact) mass is 372 g/mol. The molecule has 0 N–H and O–H groups in total. The number of rotatable bonds is 7. The molecule has 7 heteroatoms. The molecule has 0 amide bonds. The van der Waals surface area contributed by atoms with E-state index in [9.17, 15) is 4.79 Å². The number of carbonyl (C=O) groups excluding carboxylic acids is 1. The number of hydrogen-bond donors (Lipinski definition) is 0. The second kappa shape index (κ2) is 9.02. The minimum atomic E-state index is -0.667. The second-order valence-corrected chi connectivity index (χ2v) is 6.21. The first kappa shape index (κ1) is 20.2. The summed E-state index contributed by atoms with van der Waals surface area (Å²) in [5.41, 5.74) is 2.18. The number of methoxy groups -OCH3 is 2. The molecule has 144 valence electrons. The molecular weight excluding hydrogens is 348 g/mol. The van der Waals surface area contributed by atoms with Crippen LogP contribution in [0.1, 0.15) is 36.7 Å². The van der Waals surface area contributed by atoms with Gasteiger partial charge < -0.3 is 18.9 Å². The third-order valence-electron chi connectivity index (χ3n) is 3.61. The van der Waals surface area contributed by atoms with Crippen molar-refractivity contribution in [3.8, 4) is 23.3 Å². The van der Waals surface area contributed by atoms with Crippen molar-refractivity contribution in [2.24, 2.45) is 0 Å². The molecule has 0 aliphatic heterocycles. The SMILES string of the molecule is COC=CC(=O)Oc1c(OC)nc(C)nc1Oc1cc(C)cc(C(C)C)c1. The topological polar surface area (TPSA) is 79.8 Å². The van der Waals surface area contributed by atoms with Gasteiger partial charge in [-0.25, -0.2) is 4.79 Å². The lowest BCUT2D eigenvalue weighted by Gasteiger charge is -2.15. The van der Waals surface area contributed by atoms with Crippen LogP contribution in [-0.4, -0.2) is 30.2 Å². The van der Waals surface area contributed by atoms with E-state index in [0.29, 0.717) is 17.5 Å². The van der Waals surface area contributed by atoms with Gasteiger partial charge in [-0.2, -0.15) is 9.97 Å². The average Bonchev–Trinajstić information content (AvgIpc) is 2.61. The summed E-state index contributed by atoms with van der Waals surface area (Å²) in [6, 6.07) is 5.91. The highest BCUT2D eigenvalue weighted by Crippen LogP contribution is 2.37. The van der Waals surface area contributed by atoms with Gasteiger partial charge in [0.15, 0.2) is 0 Å². The van der Waals surface area contributed by atoms with Gasteiger partial charge in [-0.05, 0) is 43.0 Å². The molecule has 0 spiro atoms. The highest BCUT2D eigenvalue weighted by atomic mass is 16.6. The van der Waals surface area contributed by atoms with Gasteiger partial charge in [0.05, 0.1) is 26.6 Å². The van der Waals surface area contributed by atoms with Crippen molar-refractivity contribution >= 4 is 5.97 Å². The van der Waals surface area contributed by atoms with E-state index in [0.717, 1.165) is 17.2 Å². The van der Waals surface area contributed by atoms with Gasteiger partial charge in [0.1, 0.15) is 11.6 Å². The van der Waals surface area contributed by atoms with Gasteiger partial charge in [-0.3, -0.25) is 0 Å². The van der Waals surface area contributed by atoms with Gasteiger partial charge in [-0.15, -0.1) is 0 Å². The van der Waals surface area contributed by atoms with Gasteiger partial charge in [0, 0.05) is 0 Å². The minimum absolute atomic E-state index is 0.00135. The van der Waals surface area contributed by atoms with Gasteiger partial charge >= 0.3 is 5.97 Å². The Labute approximate surface area is 159 Å². The fourth-order valence-corrected chi connectivity index (χ4v) is 2.35. The summed E-state index contributed by atoms with van der Waals surface area (Å²) >= 11 is 0. The zero-order valence-electron chi connectivity index (χ0n) is 16.4. The van der Waals surface area contributed by atoms with Crippen LogP contribution in [0.2, 0.25) is 0 Å². The molecule has 0 aliphatic carbocycles. The van der Waals surface area contributed by atoms with E-state index < -0.39 is 5.97 Å². The van der Waals surface area contributed by atoms with Crippen LogP contribution >= 0.6 is 0 Å². The average molecular weight is 372 g/mol. The summed E-state index contributed by atoms with van der Waals surface area (Å²) in [5, 5.41) is 0. The van der Waals surface area contributed by atoms with Gasteiger partial charge in [-0.1, -0.05) is 19.9 Å². The summed E-state index contributed by atoms with van der Waals surface area (Å²) in [6.45, 7) is 7.89. The number of aromatic nitrogens is 2. The predicted molar refractivity (Wildman–Crippen MR) is 100 cm³/mol. The number of ether oxygens (including phenoxy) is 4. The smallest absolute Gasteiger partial charge is 0.339 e. The molecule has 2 rings (SSSR count). The summed E-state index contributed by atoms with van der Waals surface area (Å²) in [4.78, 5) is 20.4. The van der Waals surface area contributed by atoms with Crippen LogP contribution in [0.15, 0.2) is 30.5 Å². The van der Waals surface area contributed by atoms with E-state index in [2.05, 4.69) is 29.9 Å². The lowest BCUT2D eigenvalue weighted by molar-refractivity contribution is -0.129. The molecule has 0 atom stereocenters. The molecule has 2 aromatic rings. The Bertz CT molecular complexity index is 847. The zero-order valence-corrected chi connectivity index (χ0v) is 16.4. The Morgan fingerprint density at radius 2 is 1.78 bits per heavy atom. The van der Waals surface area contributed by atoms with E-state index in [1.54, 1.807) is 6.92 Å². The number of nitrogens with zero attached hydrogens (tertiary/aromatic N) is 2. The number of carbonyl (C=O) groups is 1. The normalized spacial score (nSPS) is 10.9. The molecule has 1 aromatic carbocycles. The number of hydrogen-bond acceptors (Lipinski definition) is 7. The summed E-state index contributed by atoms with van der Waals surface area (Å²) in [5.74, 6) is 0.882. The quantitative estimate of drug-likeness (QED) is 0.411. The summed E-state index contributed by atoms with van der Waals surface area (Å²) in [6.07, 6.45) is 2.34. The van der Waals surface area contributed by atoms with E-state index in [-0.39, 0.29) is 17.5 Å². The maximum Gasteiger partial charge on any atom is 0.339 e. The lowest BCUT2D eigenvalue weighted by Crippen LogP contribution is -2.09. The van der Waals surface area contributed by atoms with Crippen molar-refractivity contribution in [3.63, 3.8) is 0 Å². The third kappa shape index (κ3) is 5.44. The molecule has 1 heterocycles.